The van der Waals surface area contributed by atoms with E-state index in [4.69, 9.17) is 4.74 Å². The minimum atomic E-state index is 0.140. The summed E-state index contributed by atoms with van der Waals surface area (Å²) in [5, 5.41) is 8.14. The van der Waals surface area contributed by atoms with Crippen LogP contribution in [0.1, 0.15) is 50.5 Å². The summed E-state index contributed by atoms with van der Waals surface area (Å²) in [5.74, 6) is 1.06. The molecule has 2 heterocycles. The molecule has 0 bridgehead atoms. The summed E-state index contributed by atoms with van der Waals surface area (Å²) in [6.07, 6.45) is 5.57. The van der Waals surface area contributed by atoms with Crippen molar-refractivity contribution in [1.29, 1.82) is 0 Å². The van der Waals surface area contributed by atoms with Gasteiger partial charge < -0.3 is 10.1 Å². The van der Waals surface area contributed by atoms with Crippen molar-refractivity contribution in [3.05, 3.63) is 29.3 Å². The van der Waals surface area contributed by atoms with Gasteiger partial charge in [-0.05, 0) is 51.8 Å². The van der Waals surface area contributed by atoms with Crippen LogP contribution in [-0.4, -0.2) is 22.9 Å². The average Bonchev–Trinajstić information content (AvgIpc) is 2.81. The lowest BCUT2D eigenvalue weighted by molar-refractivity contribution is 0.165. The standard InChI is InChI=1S/C15H25N3O/c1-4-9-16-15(14-8-6-7-10-19-14)13-11-12(3)17-18(13)5-2/h8,11,15-16H,4-7,9-10H2,1-3H3. The molecule has 0 spiro atoms. The van der Waals surface area contributed by atoms with E-state index in [0.29, 0.717) is 0 Å². The SMILES string of the molecule is CCCNC(C1=CCCCO1)c1cc(C)nn1CC. The number of hydrogen-bond acceptors (Lipinski definition) is 3. The van der Waals surface area contributed by atoms with Crippen molar-refractivity contribution >= 4 is 0 Å². The Morgan fingerprint density at radius 3 is 2.95 bits per heavy atom. The molecule has 4 heteroatoms. The lowest BCUT2D eigenvalue weighted by atomic mass is 10.1. The van der Waals surface area contributed by atoms with Gasteiger partial charge in [-0.25, -0.2) is 0 Å². The normalized spacial score (nSPS) is 16.9. The van der Waals surface area contributed by atoms with Crippen LogP contribution < -0.4 is 5.32 Å². The van der Waals surface area contributed by atoms with Crippen molar-refractivity contribution in [2.45, 2.75) is 52.6 Å². The molecule has 1 aromatic rings. The smallest absolute Gasteiger partial charge is 0.115 e. The minimum absolute atomic E-state index is 0.140. The van der Waals surface area contributed by atoms with Crippen molar-refractivity contribution < 1.29 is 4.74 Å². The maximum absolute atomic E-state index is 5.86. The average molecular weight is 263 g/mol. The van der Waals surface area contributed by atoms with Crippen molar-refractivity contribution in [3.63, 3.8) is 0 Å². The van der Waals surface area contributed by atoms with Crippen LogP contribution in [0.25, 0.3) is 0 Å². The second kappa shape index (κ2) is 6.75. The summed E-state index contributed by atoms with van der Waals surface area (Å²) in [5.41, 5.74) is 2.28. The van der Waals surface area contributed by atoms with E-state index in [0.717, 1.165) is 50.4 Å². The highest BCUT2D eigenvalue weighted by Crippen LogP contribution is 2.26. The largest absolute Gasteiger partial charge is 0.496 e. The number of allylic oxidation sites excluding steroid dienone is 1. The van der Waals surface area contributed by atoms with Gasteiger partial charge in [0.25, 0.3) is 0 Å². The predicted octanol–water partition coefficient (Wildman–Crippen LogP) is 2.95. The van der Waals surface area contributed by atoms with E-state index in [-0.39, 0.29) is 6.04 Å². The number of nitrogens with one attached hydrogen (secondary N) is 1. The molecule has 0 aliphatic carbocycles. The molecule has 2 rings (SSSR count). The van der Waals surface area contributed by atoms with Gasteiger partial charge in [-0.2, -0.15) is 5.10 Å². The zero-order valence-electron chi connectivity index (χ0n) is 12.3. The maximum atomic E-state index is 5.86. The highest BCUT2D eigenvalue weighted by Gasteiger charge is 2.23. The monoisotopic (exact) mass is 263 g/mol. The third kappa shape index (κ3) is 3.38. The quantitative estimate of drug-likeness (QED) is 0.857. The number of hydrogen-bond donors (Lipinski definition) is 1. The molecular weight excluding hydrogens is 238 g/mol. The molecule has 0 saturated carbocycles. The molecule has 1 unspecified atom stereocenters. The molecule has 0 fully saturated rings. The van der Waals surface area contributed by atoms with Gasteiger partial charge in [0, 0.05) is 6.54 Å². The van der Waals surface area contributed by atoms with Crippen LogP contribution in [0.15, 0.2) is 17.9 Å². The van der Waals surface area contributed by atoms with E-state index < -0.39 is 0 Å². The number of nitrogens with zero attached hydrogens (tertiary/aromatic N) is 2. The molecule has 4 nitrogen and oxygen atoms in total. The van der Waals surface area contributed by atoms with E-state index in [1.165, 1.54) is 5.69 Å². The van der Waals surface area contributed by atoms with Gasteiger partial charge in [-0.3, -0.25) is 4.68 Å². The fourth-order valence-electron chi connectivity index (χ4n) is 2.47. The lowest BCUT2D eigenvalue weighted by Gasteiger charge is -2.25. The molecule has 106 valence electrons. The molecule has 1 aromatic heterocycles. The number of ether oxygens (including phenoxy) is 1. The van der Waals surface area contributed by atoms with E-state index in [1.807, 2.05) is 6.92 Å². The van der Waals surface area contributed by atoms with Crippen LogP contribution >= 0.6 is 0 Å². The molecule has 1 aliphatic heterocycles. The first-order valence-corrected chi connectivity index (χ1v) is 7.36. The van der Waals surface area contributed by atoms with E-state index >= 15 is 0 Å². The highest BCUT2D eigenvalue weighted by molar-refractivity contribution is 5.22. The fourth-order valence-corrected chi connectivity index (χ4v) is 2.47. The Balaban J connectivity index is 2.27. The summed E-state index contributed by atoms with van der Waals surface area (Å²) in [7, 11) is 0. The van der Waals surface area contributed by atoms with Crippen molar-refractivity contribution in [1.82, 2.24) is 15.1 Å². The van der Waals surface area contributed by atoms with Gasteiger partial charge in [0.1, 0.15) is 11.8 Å². The Labute approximate surface area is 115 Å². The first-order valence-electron chi connectivity index (χ1n) is 7.36. The first kappa shape index (κ1) is 14.1. The third-order valence-electron chi connectivity index (χ3n) is 3.37. The number of rotatable bonds is 6. The Bertz CT molecular complexity index is 437. The van der Waals surface area contributed by atoms with Crippen molar-refractivity contribution in [2.75, 3.05) is 13.2 Å². The first-order chi connectivity index (χ1) is 9.26. The van der Waals surface area contributed by atoms with Crippen LogP contribution in [0.5, 0.6) is 0 Å². The highest BCUT2D eigenvalue weighted by atomic mass is 16.5. The van der Waals surface area contributed by atoms with Gasteiger partial charge in [-0.15, -0.1) is 0 Å². The Kier molecular flexibility index (Phi) is 5.02. The fraction of sp³-hybridized carbons (Fsp3) is 0.667. The zero-order valence-corrected chi connectivity index (χ0v) is 12.3. The molecular formula is C15H25N3O. The topological polar surface area (TPSA) is 39.1 Å². The molecule has 0 radical (unpaired) electrons. The Morgan fingerprint density at radius 2 is 2.32 bits per heavy atom. The molecule has 1 N–H and O–H groups in total. The maximum Gasteiger partial charge on any atom is 0.115 e. The third-order valence-corrected chi connectivity index (χ3v) is 3.37. The van der Waals surface area contributed by atoms with E-state index in [2.05, 4.69) is 41.1 Å². The van der Waals surface area contributed by atoms with Gasteiger partial charge in [0.05, 0.1) is 18.0 Å². The van der Waals surface area contributed by atoms with Crippen LogP contribution in [-0.2, 0) is 11.3 Å². The van der Waals surface area contributed by atoms with Crippen LogP contribution in [0.3, 0.4) is 0 Å². The number of aromatic nitrogens is 2. The van der Waals surface area contributed by atoms with Crippen LogP contribution in [0, 0.1) is 6.92 Å². The van der Waals surface area contributed by atoms with Gasteiger partial charge in [-0.1, -0.05) is 6.92 Å². The second-order valence-electron chi connectivity index (χ2n) is 5.01. The molecule has 0 amide bonds. The van der Waals surface area contributed by atoms with Crippen LogP contribution in [0.4, 0.5) is 0 Å². The van der Waals surface area contributed by atoms with Gasteiger partial charge >= 0.3 is 0 Å². The predicted molar refractivity (Wildman–Crippen MR) is 76.9 cm³/mol. The zero-order chi connectivity index (χ0) is 13.7. The molecule has 0 saturated heterocycles. The minimum Gasteiger partial charge on any atom is -0.496 e. The summed E-state index contributed by atoms with van der Waals surface area (Å²) in [6, 6.07) is 2.30. The van der Waals surface area contributed by atoms with Crippen molar-refractivity contribution in [3.8, 4) is 0 Å². The second-order valence-corrected chi connectivity index (χ2v) is 5.01. The Hall–Kier alpha value is -1.29. The van der Waals surface area contributed by atoms with E-state index in [1.54, 1.807) is 0 Å². The summed E-state index contributed by atoms with van der Waals surface area (Å²) in [4.78, 5) is 0. The Morgan fingerprint density at radius 1 is 1.47 bits per heavy atom. The molecule has 19 heavy (non-hydrogen) atoms. The summed E-state index contributed by atoms with van der Waals surface area (Å²) in [6.45, 7) is 9.06. The van der Waals surface area contributed by atoms with Crippen LogP contribution in [0.2, 0.25) is 0 Å². The van der Waals surface area contributed by atoms with E-state index in [9.17, 15) is 0 Å². The molecule has 1 atom stereocenters. The van der Waals surface area contributed by atoms with Crippen molar-refractivity contribution in [2.24, 2.45) is 0 Å². The van der Waals surface area contributed by atoms with Gasteiger partial charge in [0.15, 0.2) is 0 Å². The number of aryl methyl sites for hydroxylation is 2. The lowest BCUT2D eigenvalue weighted by Crippen LogP contribution is -2.28. The van der Waals surface area contributed by atoms with Gasteiger partial charge in [0.2, 0.25) is 0 Å². The molecule has 1 aliphatic rings. The summed E-state index contributed by atoms with van der Waals surface area (Å²) >= 11 is 0. The summed E-state index contributed by atoms with van der Waals surface area (Å²) < 4.78 is 7.93. The molecule has 0 aromatic carbocycles.